The molecule has 0 saturated heterocycles. The van der Waals surface area contributed by atoms with E-state index in [0.717, 1.165) is 4.47 Å². The minimum absolute atomic E-state index is 0.0103. The van der Waals surface area contributed by atoms with Crippen molar-refractivity contribution in [2.45, 2.75) is 6.54 Å². The number of rotatable bonds is 6. The third kappa shape index (κ3) is 5.34. The summed E-state index contributed by atoms with van der Waals surface area (Å²) < 4.78 is 8.08. The Morgan fingerprint density at radius 2 is 1.43 bits per heavy atom. The Morgan fingerprint density at radius 1 is 0.838 bits per heavy atom. The molecule has 0 unspecified atom stereocenters. The highest BCUT2D eigenvalue weighted by Crippen LogP contribution is 2.19. The van der Waals surface area contributed by atoms with Crippen LogP contribution in [0, 0.1) is 0 Å². The van der Waals surface area contributed by atoms with Crippen LogP contribution in [-0.2, 0) is 11.3 Å². The molecular formula is C29H20BrN3O4. The van der Waals surface area contributed by atoms with Crippen molar-refractivity contribution < 1.29 is 14.3 Å². The Morgan fingerprint density at radius 3 is 2.05 bits per heavy atom. The molecule has 0 bridgehead atoms. The fourth-order valence-electron chi connectivity index (χ4n) is 3.98. The zero-order valence-electron chi connectivity index (χ0n) is 19.4. The molecule has 5 rings (SSSR count). The summed E-state index contributed by atoms with van der Waals surface area (Å²) in [5, 5.41) is 5.16. The average Bonchev–Trinajstić information content (AvgIpc) is 2.92. The van der Waals surface area contributed by atoms with Crippen molar-refractivity contribution in [2.75, 3.05) is 0 Å². The molecule has 182 valence electrons. The first-order valence-corrected chi connectivity index (χ1v) is 12.2. The van der Waals surface area contributed by atoms with Crippen LogP contribution >= 0.6 is 15.9 Å². The van der Waals surface area contributed by atoms with Crippen molar-refractivity contribution >= 4 is 55.8 Å². The van der Waals surface area contributed by atoms with E-state index in [4.69, 9.17) is 4.74 Å². The third-order valence-corrected chi connectivity index (χ3v) is 6.28. The highest BCUT2D eigenvalue weighted by Gasteiger charge is 2.12. The molecule has 0 aliphatic carbocycles. The molecule has 0 spiro atoms. The zero-order chi connectivity index (χ0) is 25.8. The van der Waals surface area contributed by atoms with Crippen molar-refractivity contribution in [3.63, 3.8) is 0 Å². The van der Waals surface area contributed by atoms with Gasteiger partial charge in [0.15, 0.2) is 5.43 Å². The number of fused-ring (bicyclic) bond motifs is 2. The molecule has 1 amide bonds. The maximum atomic E-state index is 12.9. The number of nitrogens with zero attached hydrogens (tertiary/aromatic N) is 2. The molecule has 0 fully saturated rings. The summed E-state index contributed by atoms with van der Waals surface area (Å²) in [4.78, 5) is 37.8. The van der Waals surface area contributed by atoms with Crippen molar-refractivity contribution in [1.82, 2.24) is 9.99 Å². The minimum atomic E-state index is -0.455. The van der Waals surface area contributed by atoms with Gasteiger partial charge in [-0.15, -0.1) is 0 Å². The lowest BCUT2D eigenvalue weighted by atomic mass is 10.1. The number of aromatic nitrogens is 1. The standard InChI is InChI=1S/C29H20BrN3O4/c30-21-13-11-20(12-14-21)29(36)37-22-15-9-19(10-16-22)17-31-32-27(34)18-33-25-7-3-1-5-23(25)28(35)24-6-2-4-8-26(24)33/h1-17H,18H2,(H,32,34)/b31-17-. The summed E-state index contributed by atoms with van der Waals surface area (Å²) in [6.07, 6.45) is 1.50. The molecule has 7 nitrogen and oxygen atoms in total. The topological polar surface area (TPSA) is 89.8 Å². The Kier molecular flexibility index (Phi) is 6.91. The molecule has 8 heteroatoms. The van der Waals surface area contributed by atoms with E-state index in [-0.39, 0.29) is 17.9 Å². The predicted octanol–water partition coefficient (Wildman–Crippen LogP) is 5.29. The molecule has 0 aliphatic rings. The molecule has 0 saturated carbocycles. The van der Waals surface area contributed by atoms with E-state index in [9.17, 15) is 14.4 Å². The number of hydrogen-bond acceptors (Lipinski definition) is 5. The normalized spacial score (nSPS) is 11.2. The quantitative estimate of drug-likeness (QED) is 0.102. The van der Waals surface area contributed by atoms with E-state index in [1.165, 1.54) is 6.21 Å². The third-order valence-electron chi connectivity index (χ3n) is 5.75. The van der Waals surface area contributed by atoms with Gasteiger partial charge in [-0.05, 0) is 78.4 Å². The number of para-hydroxylation sites is 2. The molecule has 0 aliphatic heterocycles. The number of nitrogens with one attached hydrogen (secondary N) is 1. The number of benzene rings is 4. The van der Waals surface area contributed by atoms with E-state index in [0.29, 0.717) is 38.7 Å². The molecule has 1 aromatic heterocycles. The van der Waals surface area contributed by atoms with E-state index in [2.05, 4.69) is 26.5 Å². The lowest BCUT2D eigenvalue weighted by Crippen LogP contribution is -2.25. The van der Waals surface area contributed by atoms with Gasteiger partial charge >= 0.3 is 5.97 Å². The average molecular weight is 554 g/mol. The van der Waals surface area contributed by atoms with Gasteiger partial charge < -0.3 is 9.30 Å². The van der Waals surface area contributed by atoms with Gasteiger partial charge in [-0.25, -0.2) is 10.2 Å². The van der Waals surface area contributed by atoms with Gasteiger partial charge in [0.05, 0.1) is 22.8 Å². The van der Waals surface area contributed by atoms with E-state index in [1.54, 1.807) is 72.8 Å². The first-order valence-electron chi connectivity index (χ1n) is 11.4. The minimum Gasteiger partial charge on any atom is -0.423 e. The molecule has 1 N–H and O–H groups in total. The van der Waals surface area contributed by atoms with Crippen molar-refractivity contribution in [3.05, 3.63) is 123 Å². The first kappa shape index (κ1) is 24.1. The lowest BCUT2D eigenvalue weighted by molar-refractivity contribution is -0.121. The largest absolute Gasteiger partial charge is 0.423 e. The number of esters is 1. The molecular weight excluding hydrogens is 534 g/mol. The Bertz CT molecular complexity index is 1650. The second kappa shape index (κ2) is 10.6. The Balaban J connectivity index is 1.26. The zero-order valence-corrected chi connectivity index (χ0v) is 21.0. The number of pyridine rings is 1. The second-order valence-electron chi connectivity index (χ2n) is 8.21. The summed E-state index contributed by atoms with van der Waals surface area (Å²) in [6, 6.07) is 28.1. The number of halogens is 1. The van der Waals surface area contributed by atoms with Gasteiger partial charge in [0, 0.05) is 15.2 Å². The van der Waals surface area contributed by atoms with E-state index >= 15 is 0 Å². The van der Waals surface area contributed by atoms with Crippen LogP contribution in [0.3, 0.4) is 0 Å². The van der Waals surface area contributed by atoms with Crippen LogP contribution in [0.2, 0.25) is 0 Å². The highest BCUT2D eigenvalue weighted by molar-refractivity contribution is 9.10. The van der Waals surface area contributed by atoms with Gasteiger partial charge in [0.2, 0.25) is 0 Å². The van der Waals surface area contributed by atoms with Crippen LogP contribution in [0.25, 0.3) is 21.8 Å². The molecule has 1 heterocycles. The number of amides is 1. The van der Waals surface area contributed by atoms with Crippen LogP contribution in [-0.4, -0.2) is 22.7 Å². The number of carbonyl (C=O) groups is 2. The summed E-state index contributed by atoms with van der Waals surface area (Å²) in [7, 11) is 0. The summed E-state index contributed by atoms with van der Waals surface area (Å²) in [6.45, 7) is -0.0103. The fraction of sp³-hybridized carbons (Fsp3) is 0.0345. The lowest BCUT2D eigenvalue weighted by Gasteiger charge is -2.14. The molecule has 5 aromatic rings. The highest BCUT2D eigenvalue weighted by atomic mass is 79.9. The van der Waals surface area contributed by atoms with Crippen molar-refractivity contribution in [2.24, 2.45) is 5.10 Å². The van der Waals surface area contributed by atoms with Crippen LogP contribution in [0.5, 0.6) is 5.75 Å². The Labute approximate surface area is 220 Å². The summed E-state index contributed by atoms with van der Waals surface area (Å²) in [5.74, 6) is -0.398. The van der Waals surface area contributed by atoms with Crippen molar-refractivity contribution in [3.8, 4) is 5.75 Å². The maximum Gasteiger partial charge on any atom is 0.343 e. The monoisotopic (exact) mass is 553 g/mol. The second-order valence-corrected chi connectivity index (χ2v) is 9.12. The number of hydrazone groups is 1. The fourth-order valence-corrected chi connectivity index (χ4v) is 4.24. The van der Waals surface area contributed by atoms with Gasteiger partial charge in [-0.1, -0.05) is 40.2 Å². The van der Waals surface area contributed by atoms with Crippen LogP contribution < -0.4 is 15.6 Å². The first-order chi connectivity index (χ1) is 18.0. The SMILES string of the molecule is O=C(Cn1c2ccccc2c(=O)c2ccccc21)N/N=C\c1ccc(OC(=O)c2ccc(Br)cc2)cc1. The molecule has 0 atom stereocenters. The number of ether oxygens (including phenoxy) is 1. The van der Waals surface area contributed by atoms with Gasteiger partial charge in [-0.3, -0.25) is 9.59 Å². The van der Waals surface area contributed by atoms with E-state index in [1.807, 2.05) is 28.8 Å². The van der Waals surface area contributed by atoms with Crippen LogP contribution in [0.15, 0.2) is 111 Å². The Hall–Kier alpha value is -4.56. The molecule has 4 aromatic carbocycles. The van der Waals surface area contributed by atoms with Crippen molar-refractivity contribution in [1.29, 1.82) is 0 Å². The number of hydrogen-bond donors (Lipinski definition) is 1. The van der Waals surface area contributed by atoms with Crippen LogP contribution in [0.4, 0.5) is 0 Å². The van der Waals surface area contributed by atoms with Gasteiger partial charge in [0.1, 0.15) is 12.3 Å². The smallest absolute Gasteiger partial charge is 0.343 e. The summed E-state index contributed by atoms with van der Waals surface area (Å²) in [5.41, 5.74) is 4.99. The van der Waals surface area contributed by atoms with Crippen LogP contribution in [0.1, 0.15) is 15.9 Å². The molecule has 37 heavy (non-hydrogen) atoms. The molecule has 0 radical (unpaired) electrons. The van der Waals surface area contributed by atoms with Gasteiger partial charge in [0.25, 0.3) is 5.91 Å². The van der Waals surface area contributed by atoms with E-state index < -0.39 is 5.97 Å². The maximum absolute atomic E-state index is 12.9. The summed E-state index contributed by atoms with van der Waals surface area (Å²) >= 11 is 3.33. The van der Waals surface area contributed by atoms with Gasteiger partial charge in [-0.2, -0.15) is 5.10 Å². The predicted molar refractivity (Wildman–Crippen MR) is 147 cm³/mol. The number of carbonyl (C=O) groups excluding carboxylic acids is 2.